The third-order valence-corrected chi connectivity index (χ3v) is 4.11. The molecule has 0 spiro atoms. The molecular weight excluding hydrogens is 296 g/mol. The Hall–Kier alpha value is -1.07. The number of urea groups is 1. The van der Waals surface area contributed by atoms with Gasteiger partial charge in [0.05, 0.1) is 16.8 Å². The maximum Gasteiger partial charge on any atom is 0.321 e. The lowest BCUT2D eigenvalue weighted by atomic mass is 10.3. The summed E-state index contributed by atoms with van der Waals surface area (Å²) in [5, 5.41) is 3.34. The topological polar surface area (TPSA) is 41.6 Å². The minimum absolute atomic E-state index is 0.0928. The van der Waals surface area contributed by atoms with Crippen molar-refractivity contribution in [1.82, 2.24) is 4.90 Å². The van der Waals surface area contributed by atoms with E-state index in [0.29, 0.717) is 16.5 Å². The van der Waals surface area contributed by atoms with Gasteiger partial charge >= 0.3 is 6.03 Å². The summed E-state index contributed by atoms with van der Waals surface area (Å²) in [5.74, 6) is 2.68. The number of ether oxygens (including phenoxy) is 1. The number of rotatable bonds is 3. The molecule has 4 nitrogen and oxygen atoms in total. The van der Waals surface area contributed by atoms with E-state index in [4.69, 9.17) is 16.3 Å². The van der Waals surface area contributed by atoms with Crippen LogP contribution >= 0.6 is 23.4 Å². The number of nitrogens with zero attached hydrogens (tertiary/aromatic N) is 1. The summed E-state index contributed by atoms with van der Waals surface area (Å²) in [6.45, 7) is 5.47. The summed E-state index contributed by atoms with van der Waals surface area (Å²) in [6.07, 6.45) is 0.0948. The summed E-state index contributed by atoms with van der Waals surface area (Å²) >= 11 is 8.05. The summed E-state index contributed by atoms with van der Waals surface area (Å²) < 4.78 is 5.56. The van der Waals surface area contributed by atoms with Crippen LogP contribution in [-0.2, 0) is 0 Å². The molecule has 1 fully saturated rings. The molecular formula is C14H19ClN2O2S. The van der Waals surface area contributed by atoms with E-state index >= 15 is 0 Å². The minimum Gasteiger partial charge on any atom is -0.491 e. The molecule has 1 aromatic carbocycles. The average molecular weight is 315 g/mol. The molecule has 1 saturated heterocycles. The summed E-state index contributed by atoms with van der Waals surface area (Å²) in [5.41, 5.74) is 0.617. The van der Waals surface area contributed by atoms with Crippen LogP contribution in [0.1, 0.15) is 13.8 Å². The Morgan fingerprint density at radius 3 is 2.70 bits per heavy atom. The van der Waals surface area contributed by atoms with E-state index in [1.807, 2.05) is 36.6 Å². The van der Waals surface area contributed by atoms with Crippen molar-refractivity contribution >= 4 is 35.1 Å². The second-order valence-electron chi connectivity index (χ2n) is 4.84. The smallest absolute Gasteiger partial charge is 0.321 e. The largest absolute Gasteiger partial charge is 0.491 e. The van der Waals surface area contributed by atoms with Gasteiger partial charge in [0, 0.05) is 30.7 Å². The highest BCUT2D eigenvalue weighted by atomic mass is 35.5. The number of carbonyl (C=O) groups is 1. The Labute approximate surface area is 128 Å². The van der Waals surface area contributed by atoms with Crippen LogP contribution < -0.4 is 10.1 Å². The standard InChI is InChI=1S/C14H19ClN2O2S/c1-10(2)19-11-3-4-13(12(15)9-11)16-14(18)17-5-7-20-8-6-17/h3-4,9-10H,5-8H2,1-2H3,(H,16,18). The lowest BCUT2D eigenvalue weighted by Crippen LogP contribution is -2.40. The second kappa shape index (κ2) is 7.09. The first kappa shape index (κ1) is 15.3. The average Bonchev–Trinajstić information content (AvgIpc) is 2.42. The Morgan fingerprint density at radius 1 is 1.40 bits per heavy atom. The van der Waals surface area contributed by atoms with E-state index in [0.717, 1.165) is 24.6 Å². The maximum absolute atomic E-state index is 12.1. The van der Waals surface area contributed by atoms with E-state index in [9.17, 15) is 4.79 Å². The van der Waals surface area contributed by atoms with Gasteiger partial charge in [0.1, 0.15) is 5.75 Å². The number of carbonyl (C=O) groups excluding carboxylic acids is 1. The van der Waals surface area contributed by atoms with Crippen LogP contribution in [0.4, 0.5) is 10.5 Å². The van der Waals surface area contributed by atoms with Crippen molar-refractivity contribution in [1.29, 1.82) is 0 Å². The van der Waals surface area contributed by atoms with Crippen molar-refractivity contribution in [2.24, 2.45) is 0 Å². The van der Waals surface area contributed by atoms with Crippen LogP contribution in [0.15, 0.2) is 18.2 Å². The Bertz CT molecular complexity index is 476. The molecule has 110 valence electrons. The third kappa shape index (κ3) is 4.21. The highest BCUT2D eigenvalue weighted by Crippen LogP contribution is 2.27. The number of halogens is 1. The molecule has 0 radical (unpaired) electrons. The Morgan fingerprint density at radius 2 is 2.10 bits per heavy atom. The number of nitrogens with one attached hydrogen (secondary N) is 1. The fourth-order valence-corrected chi connectivity index (χ4v) is 3.02. The van der Waals surface area contributed by atoms with Gasteiger partial charge in [-0.05, 0) is 26.0 Å². The maximum atomic E-state index is 12.1. The van der Waals surface area contributed by atoms with Crippen LogP contribution in [-0.4, -0.2) is 41.6 Å². The first-order valence-corrected chi connectivity index (χ1v) is 8.19. The van der Waals surface area contributed by atoms with Crippen molar-refractivity contribution in [3.05, 3.63) is 23.2 Å². The number of benzene rings is 1. The van der Waals surface area contributed by atoms with Gasteiger partial charge in [0.2, 0.25) is 0 Å². The van der Waals surface area contributed by atoms with Crippen molar-refractivity contribution in [2.75, 3.05) is 29.9 Å². The van der Waals surface area contributed by atoms with E-state index in [1.54, 1.807) is 12.1 Å². The monoisotopic (exact) mass is 314 g/mol. The second-order valence-corrected chi connectivity index (χ2v) is 6.47. The third-order valence-electron chi connectivity index (χ3n) is 2.85. The molecule has 1 heterocycles. The van der Waals surface area contributed by atoms with Crippen LogP contribution in [0.3, 0.4) is 0 Å². The summed E-state index contributed by atoms with van der Waals surface area (Å²) in [7, 11) is 0. The molecule has 6 heteroatoms. The Balaban J connectivity index is 2.00. The van der Waals surface area contributed by atoms with Gasteiger partial charge in [-0.2, -0.15) is 11.8 Å². The zero-order valence-corrected chi connectivity index (χ0v) is 13.3. The highest BCUT2D eigenvalue weighted by Gasteiger charge is 2.17. The molecule has 2 rings (SSSR count). The molecule has 20 heavy (non-hydrogen) atoms. The van der Waals surface area contributed by atoms with Crippen molar-refractivity contribution < 1.29 is 9.53 Å². The molecule has 1 aliphatic rings. The SMILES string of the molecule is CC(C)Oc1ccc(NC(=O)N2CCSCC2)c(Cl)c1. The zero-order valence-electron chi connectivity index (χ0n) is 11.7. The summed E-state index contributed by atoms with van der Waals surface area (Å²) in [4.78, 5) is 13.9. The van der Waals surface area contributed by atoms with E-state index in [1.165, 1.54) is 0 Å². The number of amides is 2. The molecule has 1 N–H and O–H groups in total. The molecule has 0 aliphatic carbocycles. The van der Waals surface area contributed by atoms with Gasteiger partial charge in [-0.3, -0.25) is 0 Å². The van der Waals surface area contributed by atoms with Crippen molar-refractivity contribution in [3.63, 3.8) is 0 Å². The predicted molar refractivity (Wildman–Crippen MR) is 85.1 cm³/mol. The van der Waals surface area contributed by atoms with Gasteiger partial charge in [0.25, 0.3) is 0 Å². The van der Waals surface area contributed by atoms with Gasteiger partial charge < -0.3 is 15.0 Å². The lowest BCUT2D eigenvalue weighted by Gasteiger charge is -2.26. The van der Waals surface area contributed by atoms with Crippen LogP contribution in [0, 0.1) is 0 Å². The van der Waals surface area contributed by atoms with Crippen LogP contribution in [0.5, 0.6) is 5.75 Å². The van der Waals surface area contributed by atoms with Gasteiger partial charge in [-0.15, -0.1) is 0 Å². The molecule has 0 saturated carbocycles. The van der Waals surface area contributed by atoms with E-state index in [-0.39, 0.29) is 12.1 Å². The fourth-order valence-electron chi connectivity index (χ4n) is 1.90. The first-order chi connectivity index (χ1) is 9.56. The predicted octanol–water partition coefficient (Wildman–Crippen LogP) is 3.71. The van der Waals surface area contributed by atoms with Gasteiger partial charge in [0.15, 0.2) is 0 Å². The van der Waals surface area contributed by atoms with Crippen LogP contribution in [0.2, 0.25) is 5.02 Å². The quantitative estimate of drug-likeness (QED) is 0.924. The molecule has 0 aromatic heterocycles. The van der Waals surface area contributed by atoms with Crippen molar-refractivity contribution in [2.45, 2.75) is 20.0 Å². The van der Waals surface area contributed by atoms with Crippen molar-refractivity contribution in [3.8, 4) is 5.75 Å². The van der Waals surface area contributed by atoms with Gasteiger partial charge in [-0.25, -0.2) is 4.79 Å². The molecule has 1 aromatic rings. The highest BCUT2D eigenvalue weighted by molar-refractivity contribution is 7.99. The number of thioether (sulfide) groups is 1. The number of hydrogen-bond donors (Lipinski definition) is 1. The van der Waals surface area contributed by atoms with Crippen LogP contribution in [0.25, 0.3) is 0 Å². The fraction of sp³-hybridized carbons (Fsp3) is 0.500. The normalized spacial score (nSPS) is 15.3. The first-order valence-electron chi connectivity index (χ1n) is 6.66. The zero-order chi connectivity index (χ0) is 14.5. The molecule has 0 bridgehead atoms. The minimum atomic E-state index is -0.0928. The van der Waals surface area contributed by atoms with E-state index in [2.05, 4.69) is 5.32 Å². The lowest BCUT2D eigenvalue weighted by molar-refractivity contribution is 0.217. The molecule has 2 amide bonds. The Kier molecular flexibility index (Phi) is 5.43. The molecule has 0 atom stereocenters. The number of hydrogen-bond acceptors (Lipinski definition) is 3. The summed E-state index contributed by atoms with van der Waals surface area (Å²) in [6, 6.07) is 5.22. The van der Waals surface area contributed by atoms with E-state index < -0.39 is 0 Å². The molecule has 1 aliphatic heterocycles. The number of anilines is 1. The molecule has 0 unspecified atom stereocenters. The van der Waals surface area contributed by atoms with Gasteiger partial charge in [-0.1, -0.05) is 11.6 Å².